The zero-order chi connectivity index (χ0) is 15.9. The van der Waals surface area contributed by atoms with E-state index in [1.807, 2.05) is 24.3 Å². The first-order chi connectivity index (χ1) is 10.7. The molecule has 2 aromatic rings. The third-order valence-corrected chi connectivity index (χ3v) is 3.44. The minimum absolute atomic E-state index is 0.237. The number of aromatic amines is 1. The zero-order valence-electron chi connectivity index (χ0n) is 12.3. The number of nitrogens with one attached hydrogen (secondary N) is 2. The Kier molecular flexibility index (Phi) is 5.33. The summed E-state index contributed by atoms with van der Waals surface area (Å²) in [5, 5.41) is 26.0. The molecule has 0 radical (unpaired) electrons. The number of benzene rings is 1. The number of hydrogen-bond donors (Lipinski definition) is 2. The van der Waals surface area contributed by atoms with Gasteiger partial charge in [0.2, 0.25) is 5.82 Å². The number of aromatic nitrogens is 4. The Morgan fingerprint density at radius 2 is 2.23 bits per heavy atom. The lowest BCUT2D eigenvalue weighted by molar-refractivity contribution is 0.866. The minimum Gasteiger partial charge on any atom is -0.371 e. The molecule has 0 amide bonds. The fourth-order valence-corrected chi connectivity index (χ4v) is 2.30. The highest BCUT2D eigenvalue weighted by atomic mass is 35.5. The van der Waals surface area contributed by atoms with Crippen molar-refractivity contribution >= 4 is 28.5 Å². The van der Waals surface area contributed by atoms with Crippen LogP contribution in [0.2, 0.25) is 5.02 Å². The van der Waals surface area contributed by atoms with E-state index in [1.54, 1.807) is 0 Å². The maximum atomic E-state index is 9.10. The average molecular weight is 318 g/mol. The molecular weight excluding hydrogens is 302 g/mol. The van der Waals surface area contributed by atoms with Crippen LogP contribution in [-0.4, -0.2) is 33.7 Å². The highest BCUT2D eigenvalue weighted by Crippen LogP contribution is 2.28. The molecule has 8 heteroatoms. The molecule has 2 rings (SSSR count). The van der Waals surface area contributed by atoms with Crippen molar-refractivity contribution in [2.45, 2.75) is 13.8 Å². The van der Waals surface area contributed by atoms with Gasteiger partial charge in [0.1, 0.15) is 11.6 Å². The van der Waals surface area contributed by atoms with Gasteiger partial charge >= 0.3 is 0 Å². The van der Waals surface area contributed by atoms with Gasteiger partial charge in [-0.15, -0.1) is 10.2 Å². The van der Waals surface area contributed by atoms with Crippen LogP contribution in [0.25, 0.3) is 5.57 Å². The van der Waals surface area contributed by atoms with E-state index in [2.05, 4.69) is 44.7 Å². The van der Waals surface area contributed by atoms with Crippen molar-refractivity contribution < 1.29 is 0 Å². The van der Waals surface area contributed by atoms with E-state index in [9.17, 15) is 0 Å². The molecule has 1 heterocycles. The van der Waals surface area contributed by atoms with E-state index in [-0.39, 0.29) is 11.4 Å². The van der Waals surface area contributed by atoms with E-state index in [0.717, 1.165) is 24.5 Å². The molecule has 0 aliphatic carbocycles. The first kappa shape index (κ1) is 15.8. The summed E-state index contributed by atoms with van der Waals surface area (Å²) in [6.07, 6.45) is 1.52. The van der Waals surface area contributed by atoms with Gasteiger partial charge in [-0.3, -0.25) is 0 Å². The Morgan fingerprint density at radius 3 is 2.77 bits per heavy atom. The molecule has 0 unspecified atom stereocenters. The quantitative estimate of drug-likeness (QED) is 0.796. The molecule has 2 N–H and O–H groups in total. The average Bonchev–Trinajstić information content (AvgIpc) is 3.05. The molecular formula is C14H16ClN7. The number of H-pyrrole nitrogens is 1. The number of tetrazole rings is 1. The molecule has 22 heavy (non-hydrogen) atoms. The molecule has 0 spiro atoms. The summed E-state index contributed by atoms with van der Waals surface area (Å²) < 4.78 is 0. The highest BCUT2D eigenvalue weighted by molar-refractivity contribution is 6.33. The van der Waals surface area contributed by atoms with Crippen molar-refractivity contribution in [1.82, 2.24) is 20.6 Å². The number of allylic oxidation sites excluding steroid dienone is 1. The third-order valence-electron chi connectivity index (χ3n) is 3.14. The Labute approximate surface area is 133 Å². The van der Waals surface area contributed by atoms with Crippen LogP contribution in [0.15, 0.2) is 24.4 Å². The Balaban J connectivity index is 2.18. The maximum Gasteiger partial charge on any atom is 0.216 e. The van der Waals surface area contributed by atoms with Crippen molar-refractivity contribution in [1.29, 1.82) is 5.26 Å². The number of hydrogen-bond acceptors (Lipinski definition) is 6. The van der Waals surface area contributed by atoms with Gasteiger partial charge < -0.3 is 10.2 Å². The second-order valence-corrected chi connectivity index (χ2v) is 4.80. The summed E-state index contributed by atoms with van der Waals surface area (Å²) in [4.78, 5) is 2.17. The van der Waals surface area contributed by atoms with Crippen molar-refractivity contribution in [2.24, 2.45) is 0 Å². The monoisotopic (exact) mass is 317 g/mol. The van der Waals surface area contributed by atoms with E-state index in [0.29, 0.717) is 5.02 Å². The molecule has 0 saturated carbocycles. The lowest BCUT2D eigenvalue weighted by Gasteiger charge is -2.22. The van der Waals surface area contributed by atoms with Gasteiger partial charge in [-0.05, 0) is 37.3 Å². The van der Waals surface area contributed by atoms with Crippen LogP contribution >= 0.6 is 11.6 Å². The van der Waals surface area contributed by atoms with Crippen molar-refractivity contribution in [3.05, 3.63) is 35.2 Å². The van der Waals surface area contributed by atoms with Gasteiger partial charge in [0.05, 0.1) is 10.7 Å². The Bertz CT molecular complexity index is 684. The summed E-state index contributed by atoms with van der Waals surface area (Å²) in [7, 11) is 0. The molecule has 114 valence electrons. The van der Waals surface area contributed by atoms with Crippen LogP contribution in [0.4, 0.5) is 11.4 Å². The smallest absolute Gasteiger partial charge is 0.216 e. The van der Waals surface area contributed by atoms with E-state index in [1.165, 1.54) is 6.20 Å². The summed E-state index contributed by atoms with van der Waals surface area (Å²) in [6.45, 7) is 5.94. The van der Waals surface area contributed by atoms with Crippen molar-refractivity contribution in [3.8, 4) is 6.07 Å². The summed E-state index contributed by atoms with van der Waals surface area (Å²) in [5.41, 5.74) is 2.04. The zero-order valence-corrected chi connectivity index (χ0v) is 13.1. The van der Waals surface area contributed by atoms with Gasteiger partial charge in [0, 0.05) is 25.0 Å². The topological polar surface area (TPSA) is 93.5 Å². The first-order valence-electron chi connectivity index (χ1n) is 6.84. The lowest BCUT2D eigenvalue weighted by atomic mass is 10.2. The fourth-order valence-electron chi connectivity index (χ4n) is 2.00. The van der Waals surface area contributed by atoms with Crippen molar-refractivity contribution in [2.75, 3.05) is 23.3 Å². The second-order valence-electron chi connectivity index (χ2n) is 4.39. The number of nitriles is 1. The predicted octanol–water partition coefficient (Wildman–Crippen LogP) is 2.68. The molecule has 0 atom stereocenters. The highest BCUT2D eigenvalue weighted by Gasteiger charge is 2.08. The van der Waals surface area contributed by atoms with Crippen LogP contribution in [0, 0.1) is 11.3 Å². The molecule has 0 bridgehead atoms. The standard InChI is InChI=1S/C14H16ClN7/c1-3-22(4-2)13-6-5-11(7-12(13)15)17-9-10(8-16)14-18-20-21-19-14/h5-7,9,17H,3-4H2,1-2H3,(H,18,19,20,21). The maximum absolute atomic E-state index is 9.10. The van der Waals surface area contributed by atoms with E-state index < -0.39 is 0 Å². The van der Waals surface area contributed by atoms with E-state index in [4.69, 9.17) is 16.9 Å². The second kappa shape index (κ2) is 7.43. The number of nitrogens with zero attached hydrogens (tertiary/aromatic N) is 5. The van der Waals surface area contributed by atoms with Gasteiger partial charge in [-0.1, -0.05) is 11.6 Å². The molecule has 1 aromatic heterocycles. The molecule has 0 fully saturated rings. The SMILES string of the molecule is CCN(CC)c1ccc(NC=C(C#N)c2nn[nH]n2)cc1Cl. The normalized spacial score (nSPS) is 11.1. The largest absolute Gasteiger partial charge is 0.371 e. The summed E-state index contributed by atoms with van der Waals surface area (Å²) >= 11 is 6.32. The summed E-state index contributed by atoms with van der Waals surface area (Å²) in [5.74, 6) is 0.237. The molecule has 1 aromatic carbocycles. The number of halogens is 1. The van der Waals surface area contributed by atoms with E-state index >= 15 is 0 Å². The summed E-state index contributed by atoms with van der Waals surface area (Å²) in [6, 6.07) is 7.68. The van der Waals surface area contributed by atoms with Gasteiger partial charge in [-0.2, -0.15) is 10.5 Å². The number of rotatable bonds is 6. The minimum atomic E-state index is 0.237. The Hall–Kier alpha value is -2.59. The van der Waals surface area contributed by atoms with Crippen LogP contribution in [0.1, 0.15) is 19.7 Å². The predicted molar refractivity (Wildman–Crippen MR) is 86.4 cm³/mol. The van der Waals surface area contributed by atoms with Crippen LogP contribution in [0.3, 0.4) is 0 Å². The first-order valence-corrected chi connectivity index (χ1v) is 7.22. The van der Waals surface area contributed by atoms with Gasteiger partial charge in [0.15, 0.2) is 0 Å². The molecule has 0 aliphatic rings. The third kappa shape index (κ3) is 3.54. The van der Waals surface area contributed by atoms with Crippen molar-refractivity contribution in [3.63, 3.8) is 0 Å². The lowest BCUT2D eigenvalue weighted by Crippen LogP contribution is -2.22. The van der Waals surface area contributed by atoms with Gasteiger partial charge in [-0.25, -0.2) is 0 Å². The van der Waals surface area contributed by atoms with Crippen LogP contribution in [-0.2, 0) is 0 Å². The van der Waals surface area contributed by atoms with Crippen LogP contribution in [0.5, 0.6) is 0 Å². The van der Waals surface area contributed by atoms with Crippen LogP contribution < -0.4 is 10.2 Å². The molecule has 0 saturated heterocycles. The van der Waals surface area contributed by atoms with Gasteiger partial charge in [0.25, 0.3) is 0 Å². The Morgan fingerprint density at radius 1 is 1.45 bits per heavy atom. The fraction of sp³-hybridized carbons (Fsp3) is 0.286. The molecule has 7 nitrogen and oxygen atoms in total. The molecule has 0 aliphatic heterocycles. The number of anilines is 2.